The van der Waals surface area contributed by atoms with Crippen molar-refractivity contribution < 1.29 is 14.1 Å². The predicted molar refractivity (Wildman–Crippen MR) is 209 cm³/mol. The summed E-state index contributed by atoms with van der Waals surface area (Å²) in [5.74, 6) is 0.587. The van der Waals surface area contributed by atoms with Gasteiger partial charge >= 0.3 is 0 Å². The molecule has 0 aliphatic carbocycles. The van der Waals surface area contributed by atoms with E-state index >= 15 is 0 Å². The van der Waals surface area contributed by atoms with Gasteiger partial charge in [0.2, 0.25) is 0 Å². The van der Waals surface area contributed by atoms with Crippen LogP contribution in [0, 0.1) is 0 Å². The number of likely N-dealkylation sites (N-methyl/N-ethyl adjacent to an activating group) is 1. The first-order valence-corrected chi connectivity index (χ1v) is 20.7. The highest BCUT2D eigenvalue weighted by molar-refractivity contribution is 5.89. The molecule has 0 rings (SSSR count). The molecule has 3 nitrogen and oxygen atoms in total. The van der Waals surface area contributed by atoms with E-state index in [1.54, 1.807) is 0 Å². The molecule has 0 N–H and O–H groups in total. The van der Waals surface area contributed by atoms with Crippen LogP contribution in [0.15, 0.2) is 24.3 Å². The van der Waals surface area contributed by atoms with Gasteiger partial charge in [-0.15, -0.1) is 0 Å². The maximum atomic E-state index is 13.5. The normalized spacial score (nSPS) is 12.9. The summed E-state index contributed by atoms with van der Waals surface area (Å²) >= 11 is 0. The Morgan fingerprint density at radius 1 is 0.404 bits per heavy atom. The minimum atomic E-state index is -0.595. The average molecular weight is 659 g/mol. The van der Waals surface area contributed by atoms with Crippen molar-refractivity contribution in [1.29, 1.82) is 0 Å². The summed E-state index contributed by atoms with van der Waals surface area (Å²) in [7, 11) is 4.19. The van der Waals surface area contributed by atoms with Crippen LogP contribution in [0.4, 0.5) is 0 Å². The Labute approximate surface area is 295 Å². The molecule has 0 aromatic carbocycles. The number of hydrogen-bond acceptors (Lipinski definition) is 2. The molecule has 0 bridgehead atoms. The molecular formula is C44H84NO2+. The molecular weight excluding hydrogens is 574 g/mol. The highest BCUT2D eigenvalue weighted by Gasteiger charge is 2.54. The first-order chi connectivity index (χ1) is 22.5. The number of nitrogens with zero attached hydrogens (tertiary/aromatic N) is 1. The molecule has 47 heavy (non-hydrogen) atoms. The van der Waals surface area contributed by atoms with Gasteiger partial charge in [0.1, 0.15) is 0 Å². The van der Waals surface area contributed by atoms with Crippen molar-refractivity contribution >= 4 is 11.6 Å². The van der Waals surface area contributed by atoms with Crippen LogP contribution in [0.3, 0.4) is 0 Å². The maximum Gasteiger partial charge on any atom is 0.192 e. The van der Waals surface area contributed by atoms with E-state index in [1.165, 1.54) is 141 Å². The first kappa shape index (κ1) is 45.8. The number of ketones is 2. The van der Waals surface area contributed by atoms with Gasteiger partial charge in [0.25, 0.3) is 0 Å². The lowest BCUT2D eigenvalue weighted by molar-refractivity contribution is -0.961. The van der Waals surface area contributed by atoms with E-state index < -0.39 is 11.1 Å². The van der Waals surface area contributed by atoms with Crippen LogP contribution in [0.5, 0.6) is 0 Å². The van der Waals surface area contributed by atoms with E-state index in [-0.39, 0.29) is 0 Å². The van der Waals surface area contributed by atoms with Gasteiger partial charge in [-0.25, -0.2) is 0 Å². The molecule has 0 atom stereocenters. The molecule has 0 heterocycles. The third-order valence-electron chi connectivity index (χ3n) is 11.5. The summed E-state index contributed by atoms with van der Waals surface area (Å²) in [4.78, 5) is 27.0. The van der Waals surface area contributed by atoms with Crippen molar-refractivity contribution in [2.45, 2.75) is 232 Å². The van der Waals surface area contributed by atoms with Crippen molar-refractivity contribution in [3.63, 3.8) is 0 Å². The minimum absolute atomic E-state index is 0.294. The van der Waals surface area contributed by atoms with Crippen LogP contribution in [-0.2, 0) is 9.59 Å². The van der Waals surface area contributed by atoms with Gasteiger partial charge in [0.05, 0.1) is 14.1 Å². The monoisotopic (exact) mass is 659 g/mol. The summed E-state index contributed by atoms with van der Waals surface area (Å²) in [6.07, 6.45) is 43.6. The fraction of sp³-hybridized carbons (Fsp3) is 0.864. The smallest absolute Gasteiger partial charge is 0.192 e. The Kier molecular flexibility index (Phi) is 27.9. The lowest BCUT2D eigenvalue weighted by Crippen LogP contribution is -2.71. The second-order valence-corrected chi connectivity index (χ2v) is 16.1. The lowest BCUT2D eigenvalue weighted by atomic mass is 9.81. The zero-order chi connectivity index (χ0) is 35.3. The quantitative estimate of drug-likeness (QED) is 0.0392. The Morgan fingerprint density at radius 3 is 0.915 bits per heavy atom. The van der Waals surface area contributed by atoms with Crippen molar-refractivity contribution in [2.24, 2.45) is 0 Å². The number of unbranched alkanes of at least 4 members (excludes halogenated alkanes) is 22. The average Bonchev–Trinajstić information content (AvgIpc) is 3.04. The Morgan fingerprint density at radius 2 is 0.638 bits per heavy atom. The molecule has 3 heteroatoms. The van der Waals surface area contributed by atoms with Crippen LogP contribution in [0.2, 0.25) is 0 Å². The summed E-state index contributed by atoms with van der Waals surface area (Å²) in [6.45, 7) is 12.8. The van der Waals surface area contributed by atoms with E-state index in [4.69, 9.17) is 0 Å². The van der Waals surface area contributed by atoms with E-state index in [0.29, 0.717) is 28.9 Å². The van der Waals surface area contributed by atoms with E-state index in [9.17, 15) is 9.59 Å². The van der Waals surface area contributed by atoms with Crippen LogP contribution in [0.25, 0.3) is 0 Å². The number of carbonyl (C=O) groups excluding carboxylic acids is 2. The summed E-state index contributed by atoms with van der Waals surface area (Å²) < 4.78 is 0.411. The molecule has 0 spiro atoms. The molecule has 0 saturated heterocycles. The SMILES string of the molecule is CCCCCCCCC=CCCCCCCCC(=O)C(C)(C)[N+](C)(C)C(C)(C)C(=O)CCCCCCCC=CCCCCCCCC. The van der Waals surface area contributed by atoms with Crippen molar-refractivity contribution in [3.05, 3.63) is 24.3 Å². The van der Waals surface area contributed by atoms with Gasteiger partial charge in [-0.3, -0.25) is 9.59 Å². The maximum absolute atomic E-state index is 13.5. The predicted octanol–water partition coefficient (Wildman–Crippen LogP) is 13.8. The van der Waals surface area contributed by atoms with E-state index in [2.05, 4.69) is 79.9 Å². The van der Waals surface area contributed by atoms with Crippen LogP contribution in [-0.4, -0.2) is 41.2 Å². The van der Waals surface area contributed by atoms with E-state index in [1.807, 2.05) is 0 Å². The summed E-state index contributed by atoms with van der Waals surface area (Å²) in [5, 5.41) is 0. The third kappa shape index (κ3) is 20.8. The second-order valence-electron chi connectivity index (χ2n) is 16.1. The van der Waals surface area contributed by atoms with Gasteiger partial charge in [-0.05, 0) is 91.9 Å². The lowest BCUT2D eigenvalue weighted by Gasteiger charge is -2.52. The molecule has 0 aromatic rings. The highest BCUT2D eigenvalue weighted by Crippen LogP contribution is 2.35. The Balaban J connectivity index is 4.17. The number of Topliss-reactive ketones (excluding diaryl/α,β-unsaturated/α-hetero) is 2. The molecule has 0 aromatic heterocycles. The molecule has 0 aliphatic heterocycles. The number of quaternary nitrogens is 1. The highest BCUT2D eigenvalue weighted by atomic mass is 16.1. The van der Waals surface area contributed by atoms with Crippen molar-refractivity contribution in [3.8, 4) is 0 Å². The molecule has 0 unspecified atom stereocenters. The fourth-order valence-corrected chi connectivity index (χ4v) is 6.65. The van der Waals surface area contributed by atoms with Crippen LogP contribution < -0.4 is 0 Å². The number of allylic oxidation sites excluding steroid dienone is 4. The third-order valence-corrected chi connectivity index (χ3v) is 11.5. The molecule has 0 saturated carbocycles. The topological polar surface area (TPSA) is 34.1 Å². The Hall–Kier alpha value is -1.22. The van der Waals surface area contributed by atoms with Crippen LogP contribution in [0.1, 0.15) is 221 Å². The molecule has 0 radical (unpaired) electrons. The van der Waals surface area contributed by atoms with Crippen molar-refractivity contribution in [1.82, 2.24) is 0 Å². The van der Waals surface area contributed by atoms with Gasteiger partial charge < -0.3 is 4.48 Å². The zero-order valence-corrected chi connectivity index (χ0v) is 33.4. The zero-order valence-electron chi connectivity index (χ0n) is 33.4. The van der Waals surface area contributed by atoms with Gasteiger partial charge in [-0.2, -0.15) is 0 Å². The number of hydrogen-bond donors (Lipinski definition) is 0. The minimum Gasteiger partial charge on any atom is -0.307 e. The van der Waals surface area contributed by atoms with Gasteiger partial charge in [0.15, 0.2) is 22.6 Å². The van der Waals surface area contributed by atoms with Crippen LogP contribution >= 0.6 is 0 Å². The molecule has 0 fully saturated rings. The fourth-order valence-electron chi connectivity index (χ4n) is 6.65. The molecule has 0 aliphatic rings. The molecule has 276 valence electrons. The van der Waals surface area contributed by atoms with Crippen molar-refractivity contribution in [2.75, 3.05) is 14.1 Å². The van der Waals surface area contributed by atoms with E-state index in [0.717, 1.165) is 25.7 Å². The first-order valence-electron chi connectivity index (χ1n) is 20.7. The number of rotatable bonds is 34. The summed E-state index contributed by atoms with van der Waals surface area (Å²) in [5.41, 5.74) is -1.19. The standard InChI is InChI=1S/C44H84NO2/c1-9-11-13-15-17-19-21-23-25-27-29-31-33-35-37-39-41(46)43(3,4)45(7,8)44(5,6)42(47)40-38-36-34-32-30-28-26-24-22-20-18-16-14-12-10-2/h23-26H,9-22,27-40H2,1-8H3/q+1. The summed E-state index contributed by atoms with van der Waals surface area (Å²) in [6, 6.07) is 0. The second kappa shape index (κ2) is 28.6. The van der Waals surface area contributed by atoms with Gasteiger partial charge in [0, 0.05) is 12.8 Å². The largest absolute Gasteiger partial charge is 0.307 e. The number of carbonyl (C=O) groups is 2. The molecule has 0 amide bonds. The van der Waals surface area contributed by atoms with Gasteiger partial charge in [-0.1, -0.05) is 141 Å². The Bertz CT molecular complexity index is 753.